The van der Waals surface area contributed by atoms with Gasteiger partial charge in [0.2, 0.25) is 0 Å². The van der Waals surface area contributed by atoms with Crippen LogP contribution in [0, 0.1) is 11.3 Å². The number of rotatable bonds is 6. The number of nitriles is 1. The molecule has 6 nitrogen and oxygen atoms in total. The fourth-order valence-electron chi connectivity index (χ4n) is 1.55. The van der Waals surface area contributed by atoms with Gasteiger partial charge in [0.25, 0.3) is 5.91 Å². The van der Waals surface area contributed by atoms with Gasteiger partial charge in [-0.3, -0.25) is 4.79 Å². The van der Waals surface area contributed by atoms with Crippen molar-refractivity contribution >= 4 is 17.7 Å². The number of benzene rings is 1. The smallest absolute Gasteiger partial charge is 0.262 e. The van der Waals surface area contributed by atoms with Crippen molar-refractivity contribution in [2.75, 3.05) is 32.1 Å². The van der Waals surface area contributed by atoms with Crippen molar-refractivity contribution in [1.82, 2.24) is 5.32 Å². The van der Waals surface area contributed by atoms with Crippen LogP contribution in [0.5, 0.6) is 0 Å². The standard InChI is InChI=1S/C15H19N3O3/c1-18(2)13-5-3-11(4-6-13)7-12(8-16)15(21)17-9-14(20)10-19/h3-7,14,19-20H,9-10H2,1-2H3,(H,17,21). The molecule has 1 rings (SSSR count). The largest absolute Gasteiger partial charge is 0.394 e. The summed E-state index contributed by atoms with van der Waals surface area (Å²) in [6.07, 6.45) is 0.438. The maximum absolute atomic E-state index is 11.8. The van der Waals surface area contributed by atoms with Crippen molar-refractivity contribution < 1.29 is 15.0 Å². The van der Waals surface area contributed by atoms with Gasteiger partial charge in [-0.25, -0.2) is 0 Å². The van der Waals surface area contributed by atoms with Crippen LogP contribution >= 0.6 is 0 Å². The number of nitrogens with zero attached hydrogens (tertiary/aromatic N) is 2. The van der Waals surface area contributed by atoms with E-state index < -0.39 is 18.6 Å². The number of anilines is 1. The molecule has 0 saturated carbocycles. The van der Waals surface area contributed by atoms with Gasteiger partial charge in [0.1, 0.15) is 11.6 Å². The van der Waals surface area contributed by atoms with Crippen molar-refractivity contribution in [2.45, 2.75) is 6.10 Å². The van der Waals surface area contributed by atoms with E-state index in [4.69, 9.17) is 15.5 Å². The topological polar surface area (TPSA) is 96.6 Å². The number of carbonyl (C=O) groups is 1. The second-order valence-electron chi connectivity index (χ2n) is 4.70. The van der Waals surface area contributed by atoms with E-state index in [0.29, 0.717) is 0 Å². The Morgan fingerprint density at radius 3 is 2.52 bits per heavy atom. The van der Waals surface area contributed by atoms with Gasteiger partial charge in [-0.05, 0) is 23.8 Å². The number of carbonyl (C=O) groups excluding carboxylic acids is 1. The first-order valence-corrected chi connectivity index (χ1v) is 6.44. The minimum Gasteiger partial charge on any atom is -0.394 e. The van der Waals surface area contributed by atoms with E-state index in [1.165, 1.54) is 6.08 Å². The lowest BCUT2D eigenvalue weighted by atomic mass is 10.1. The predicted octanol–water partition coefficient (Wildman–Crippen LogP) is 0.129. The van der Waals surface area contributed by atoms with Crippen molar-refractivity contribution in [3.63, 3.8) is 0 Å². The van der Waals surface area contributed by atoms with Gasteiger partial charge in [0.15, 0.2) is 0 Å². The second-order valence-corrected chi connectivity index (χ2v) is 4.70. The molecule has 0 aliphatic carbocycles. The molecule has 0 bridgehead atoms. The molecule has 0 spiro atoms. The molecule has 6 heteroatoms. The van der Waals surface area contributed by atoms with E-state index in [1.54, 1.807) is 0 Å². The van der Waals surface area contributed by atoms with Crippen LogP contribution < -0.4 is 10.2 Å². The minimum absolute atomic E-state index is 0.0576. The first kappa shape index (κ1) is 16.7. The van der Waals surface area contributed by atoms with E-state index in [9.17, 15) is 4.79 Å². The van der Waals surface area contributed by atoms with E-state index in [0.717, 1.165) is 11.3 Å². The monoisotopic (exact) mass is 289 g/mol. The highest BCUT2D eigenvalue weighted by atomic mass is 16.3. The summed E-state index contributed by atoms with van der Waals surface area (Å²) in [6.45, 7) is -0.550. The predicted molar refractivity (Wildman–Crippen MR) is 80.5 cm³/mol. The lowest BCUT2D eigenvalue weighted by molar-refractivity contribution is -0.117. The molecule has 0 heterocycles. The number of nitrogens with one attached hydrogen (secondary N) is 1. The molecule has 1 unspecified atom stereocenters. The summed E-state index contributed by atoms with van der Waals surface area (Å²) in [5, 5.41) is 29.2. The number of hydrogen-bond acceptors (Lipinski definition) is 5. The number of aliphatic hydroxyl groups is 2. The molecule has 1 amide bonds. The highest BCUT2D eigenvalue weighted by Crippen LogP contribution is 2.14. The summed E-state index contributed by atoms with van der Waals surface area (Å²) in [5.41, 5.74) is 1.69. The molecule has 21 heavy (non-hydrogen) atoms. The molecule has 0 saturated heterocycles. The van der Waals surface area contributed by atoms with E-state index in [2.05, 4.69) is 5.32 Å². The molecule has 0 aliphatic heterocycles. The summed E-state index contributed by atoms with van der Waals surface area (Å²) in [7, 11) is 3.84. The molecule has 0 radical (unpaired) electrons. The Kier molecular flexibility index (Phi) is 6.40. The van der Waals surface area contributed by atoms with Crippen LogP contribution in [0.3, 0.4) is 0 Å². The van der Waals surface area contributed by atoms with Crippen LogP contribution in [0.1, 0.15) is 5.56 Å². The number of hydrogen-bond donors (Lipinski definition) is 3. The highest BCUT2D eigenvalue weighted by Gasteiger charge is 2.10. The number of aliphatic hydroxyl groups excluding tert-OH is 2. The molecule has 0 aliphatic rings. The first-order valence-electron chi connectivity index (χ1n) is 6.44. The Balaban J connectivity index is 2.79. The molecule has 1 atom stereocenters. The zero-order chi connectivity index (χ0) is 15.8. The zero-order valence-corrected chi connectivity index (χ0v) is 12.1. The SMILES string of the molecule is CN(C)c1ccc(C=C(C#N)C(=O)NCC(O)CO)cc1. The Morgan fingerprint density at radius 1 is 1.43 bits per heavy atom. The van der Waals surface area contributed by atoms with Gasteiger partial charge < -0.3 is 20.4 Å². The summed E-state index contributed by atoms with van der Waals surface area (Å²) < 4.78 is 0. The van der Waals surface area contributed by atoms with Crippen LogP contribution in [-0.4, -0.2) is 49.5 Å². The maximum Gasteiger partial charge on any atom is 0.262 e. The van der Waals surface area contributed by atoms with E-state index >= 15 is 0 Å². The Morgan fingerprint density at radius 2 is 2.05 bits per heavy atom. The van der Waals surface area contributed by atoms with Gasteiger partial charge in [0.05, 0.1) is 12.7 Å². The normalized spacial score (nSPS) is 12.4. The van der Waals surface area contributed by atoms with Gasteiger partial charge in [-0.2, -0.15) is 5.26 Å². The van der Waals surface area contributed by atoms with Crippen molar-refractivity contribution in [1.29, 1.82) is 5.26 Å². The van der Waals surface area contributed by atoms with Gasteiger partial charge in [0, 0.05) is 26.3 Å². The zero-order valence-electron chi connectivity index (χ0n) is 12.1. The molecular weight excluding hydrogens is 270 g/mol. The molecule has 112 valence electrons. The third-order valence-electron chi connectivity index (χ3n) is 2.79. The summed E-state index contributed by atoms with van der Waals surface area (Å²) >= 11 is 0. The van der Waals surface area contributed by atoms with Crippen molar-refractivity contribution in [3.8, 4) is 6.07 Å². The molecule has 3 N–H and O–H groups in total. The Hall–Kier alpha value is -2.36. The van der Waals surface area contributed by atoms with Crippen LogP contribution in [0.25, 0.3) is 6.08 Å². The van der Waals surface area contributed by atoms with Gasteiger partial charge >= 0.3 is 0 Å². The van der Waals surface area contributed by atoms with Crippen LogP contribution in [0.2, 0.25) is 0 Å². The fourth-order valence-corrected chi connectivity index (χ4v) is 1.55. The maximum atomic E-state index is 11.8. The quantitative estimate of drug-likeness (QED) is 0.511. The second kappa shape index (κ2) is 8.04. The van der Waals surface area contributed by atoms with Gasteiger partial charge in [-0.1, -0.05) is 12.1 Å². The summed E-state index contributed by atoms with van der Waals surface area (Å²) in [5.74, 6) is -0.582. The minimum atomic E-state index is -1.03. The third-order valence-corrected chi connectivity index (χ3v) is 2.79. The molecule has 1 aromatic rings. The Bertz CT molecular complexity index is 544. The average molecular weight is 289 g/mol. The van der Waals surface area contributed by atoms with Gasteiger partial charge in [-0.15, -0.1) is 0 Å². The van der Waals surface area contributed by atoms with Crippen LogP contribution in [0.15, 0.2) is 29.8 Å². The lowest BCUT2D eigenvalue weighted by Crippen LogP contribution is -2.34. The Labute approximate surface area is 123 Å². The summed E-state index contributed by atoms with van der Waals surface area (Å²) in [6, 6.07) is 9.21. The first-order chi connectivity index (χ1) is 9.97. The van der Waals surface area contributed by atoms with Crippen molar-refractivity contribution in [2.24, 2.45) is 0 Å². The number of amides is 1. The average Bonchev–Trinajstić information content (AvgIpc) is 2.50. The van der Waals surface area contributed by atoms with E-state index in [-0.39, 0.29) is 12.1 Å². The van der Waals surface area contributed by atoms with Crippen LogP contribution in [-0.2, 0) is 4.79 Å². The van der Waals surface area contributed by atoms with Crippen LogP contribution in [0.4, 0.5) is 5.69 Å². The molecule has 0 aromatic heterocycles. The molecule has 1 aromatic carbocycles. The van der Waals surface area contributed by atoms with E-state index in [1.807, 2.05) is 49.3 Å². The molecule has 0 fully saturated rings. The third kappa shape index (κ3) is 5.26. The van der Waals surface area contributed by atoms with Crippen molar-refractivity contribution in [3.05, 3.63) is 35.4 Å². The highest BCUT2D eigenvalue weighted by molar-refractivity contribution is 6.01. The fraction of sp³-hybridized carbons (Fsp3) is 0.333. The molecular formula is C15H19N3O3. The summed E-state index contributed by atoms with van der Waals surface area (Å²) in [4.78, 5) is 13.7. The lowest BCUT2D eigenvalue weighted by Gasteiger charge is -2.12.